The number of hydrogen-bond donors (Lipinski definition) is 2. The summed E-state index contributed by atoms with van der Waals surface area (Å²) < 4.78 is 12.5. The molecule has 1 aromatic carbocycles. The molecule has 0 radical (unpaired) electrons. The number of methoxy groups -OCH3 is 1. The van der Waals surface area contributed by atoms with Crippen LogP contribution in [0.15, 0.2) is 41.3 Å². The first kappa shape index (κ1) is 21.7. The van der Waals surface area contributed by atoms with Gasteiger partial charge in [-0.05, 0) is 44.9 Å². The Morgan fingerprint density at radius 2 is 2.00 bits per heavy atom. The maximum Gasteiger partial charge on any atom is 0.410 e. The molecule has 2 aromatic heterocycles. The fourth-order valence-corrected chi connectivity index (χ4v) is 3.80. The van der Waals surface area contributed by atoms with E-state index in [2.05, 4.69) is 15.4 Å². The molecular formula is C23H29N5O4. The lowest BCUT2D eigenvalue weighted by Gasteiger charge is -2.24. The van der Waals surface area contributed by atoms with Gasteiger partial charge in [0.05, 0.1) is 13.7 Å². The minimum Gasteiger partial charge on any atom is -0.497 e. The average molecular weight is 440 g/mol. The van der Waals surface area contributed by atoms with Gasteiger partial charge in [-0.2, -0.15) is 5.10 Å². The summed E-state index contributed by atoms with van der Waals surface area (Å²) in [5.74, 6) is 1.30. The number of aromatic amines is 1. The number of ether oxygens (including phenoxy) is 2. The Kier molecular flexibility index (Phi) is 5.82. The second-order valence-electron chi connectivity index (χ2n) is 8.98. The molecule has 1 aliphatic heterocycles. The molecule has 0 aliphatic carbocycles. The van der Waals surface area contributed by atoms with E-state index in [0.29, 0.717) is 36.5 Å². The van der Waals surface area contributed by atoms with Crippen molar-refractivity contribution in [1.29, 1.82) is 0 Å². The number of pyridine rings is 1. The van der Waals surface area contributed by atoms with Gasteiger partial charge in [-0.1, -0.05) is 12.1 Å². The smallest absolute Gasteiger partial charge is 0.410 e. The van der Waals surface area contributed by atoms with Crippen LogP contribution in [0.5, 0.6) is 5.75 Å². The van der Waals surface area contributed by atoms with Crippen LogP contribution in [0.3, 0.4) is 0 Å². The Morgan fingerprint density at radius 3 is 2.69 bits per heavy atom. The van der Waals surface area contributed by atoms with Gasteiger partial charge < -0.3 is 24.7 Å². The van der Waals surface area contributed by atoms with E-state index in [1.807, 2.05) is 45.0 Å². The van der Waals surface area contributed by atoms with Gasteiger partial charge in [0.25, 0.3) is 0 Å². The summed E-state index contributed by atoms with van der Waals surface area (Å²) >= 11 is 0. The second kappa shape index (κ2) is 8.57. The number of nitrogens with zero attached hydrogens (tertiary/aromatic N) is 3. The van der Waals surface area contributed by atoms with Crippen LogP contribution < -0.4 is 15.5 Å². The molecule has 32 heavy (non-hydrogen) atoms. The molecule has 3 aromatic rings. The number of carbonyl (C=O) groups excluding carboxylic acids is 1. The third-order valence-corrected chi connectivity index (χ3v) is 5.33. The predicted octanol–water partition coefficient (Wildman–Crippen LogP) is 3.20. The van der Waals surface area contributed by atoms with E-state index < -0.39 is 5.60 Å². The number of likely N-dealkylation sites (tertiary alicyclic amines) is 1. The molecule has 1 amide bonds. The second-order valence-corrected chi connectivity index (χ2v) is 8.98. The number of rotatable bonds is 5. The number of hydrogen-bond acceptors (Lipinski definition) is 6. The Morgan fingerprint density at radius 1 is 1.25 bits per heavy atom. The van der Waals surface area contributed by atoms with Crippen LogP contribution in [-0.2, 0) is 11.3 Å². The molecule has 1 fully saturated rings. The normalized spacial score (nSPS) is 16.4. The lowest BCUT2D eigenvalue weighted by molar-refractivity contribution is 0.0293. The molecule has 3 heterocycles. The van der Waals surface area contributed by atoms with Gasteiger partial charge in [0.1, 0.15) is 22.4 Å². The first-order valence-electron chi connectivity index (χ1n) is 10.7. The average Bonchev–Trinajstić information content (AvgIpc) is 3.34. The van der Waals surface area contributed by atoms with Crippen molar-refractivity contribution in [3.8, 4) is 5.75 Å². The third kappa shape index (κ3) is 4.71. The van der Waals surface area contributed by atoms with Crippen LogP contribution in [-0.4, -0.2) is 57.6 Å². The summed E-state index contributed by atoms with van der Waals surface area (Å²) in [5.41, 5.74) is 1.04. The molecule has 1 aliphatic rings. The largest absolute Gasteiger partial charge is 0.497 e. The van der Waals surface area contributed by atoms with Crippen molar-refractivity contribution in [2.75, 3.05) is 25.5 Å². The van der Waals surface area contributed by atoms with Gasteiger partial charge in [0.15, 0.2) is 11.2 Å². The zero-order valence-corrected chi connectivity index (χ0v) is 18.8. The third-order valence-electron chi connectivity index (χ3n) is 5.33. The first-order valence-corrected chi connectivity index (χ1v) is 10.7. The highest BCUT2D eigenvalue weighted by Gasteiger charge is 2.30. The summed E-state index contributed by atoms with van der Waals surface area (Å²) in [6.07, 6.45) is 2.05. The summed E-state index contributed by atoms with van der Waals surface area (Å²) in [5, 5.41) is 8.58. The number of nitrogens with one attached hydrogen (secondary N) is 2. The van der Waals surface area contributed by atoms with Gasteiger partial charge in [0, 0.05) is 31.4 Å². The molecule has 2 N–H and O–H groups in total. The van der Waals surface area contributed by atoms with E-state index in [-0.39, 0.29) is 17.6 Å². The molecule has 1 atom stereocenters. The van der Waals surface area contributed by atoms with E-state index in [4.69, 9.17) is 9.47 Å². The number of anilines is 1. The highest BCUT2D eigenvalue weighted by molar-refractivity contribution is 5.87. The molecule has 0 unspecified atom stereocenters. The van der Waals surface area contributed by atoms with Crippen LogP contribution in [0.4, 0.5) is 10.6 Å². The minimum absolute atomic E-state index is 0.0188. The van der Waals surface area contributed by atoms with E-state index in [0.717, 1.165) is 17.7 Å². The Hall–Kier alpha value is -3.49. The summed E-state index contributed by atoms with van der Waals surface area (Å²) in [6, 6.07) is 9.20. The van der Waals surface area contributed by atoms with Gasteiger partial charge in [-0.3, -0.25) is 4.79 Å². The van der Waals surface area contributed by atoms with Crippen LogP contribution in [0.2, 0.25) is 0 Å². The van der Waals surface area contributed by atoms with Gasteiger partial charge in [-0.15, -0.1) is 0 Å². The molecule has 9 heteroatoms. The maximum atomic E-state index is 12.6. The maximum absolute atomic E-state index is 12.6. The molecule has 0 saturated carbocycles. The molecule has 0 bridgehead atoms. The van der Waals surface area contributed by atoms with E-state index in [1.165, 1.54) is 6.07 Å². The van der Waals surface area contributed by atoms with Gasteiger partial charge in [0.2, 0.25) is 0 Å². The van der Waals surface area contributed by atoms with Crippen molar-refractivity contribution in [2.45, 2.75) is 45.4 Å². The highest BCUT2D eigenvalue weighted by Crippen LogP contribution is 2.23. The zero-order chi connectivity index (χ0) is 22.9. The molecule has 9 nitrogen and oxygen atoms in total. The van der Waals surface area contributed by atoms with Crippen LogP contribution >= 0.6 is 0 Å². The predicted molar refractivity (Wildman–Crippen MR) is 122 cm³/mol. The fraction of sp³-hybridized carbons (Fsp3) is 0.435. The fourth-order valence-electron chi connectivity index (χ4n) is 3.80. The monoisotopic (exact) mass is 439 g/mol. The van der Waals surface area contributed by atoms with Crippen molar-refractivity contribution in [2.24, 2.45) is 0 Å². The summed E-state index contributed by atoms with van der Waals surface area (Å²) in [4.78, 5) is 29.8. The number of benzene rings is 1. The lowest BCUT2D eigenvalue weighted by atomic mass is 10.2. The zero-order valence-electron chi connectivity index (χ0n) is 18.8. The van der Waals surface area contributed by atoms with Crippen LogP contribution in [0.1, 0.15) is 32.8 Å². The Labute approximate surface area is 186 Å². The van der Waals surface area contributed by atoms with E-state index in [1.54, 1.807) is 22.9 Å². The number of aromatic nitrogens is 3. The van der Waals surface area contributed by atoms with Gasteiger partial charge >= 0.3 is 6.09 Å². The number of amides is 1. The Bertz CT molecular complexity index is 1160. The molecular weight excluding hydrogens is 410 g/mol. The molecule has 4 rings (SSSR count). The number of carbonyl (C=O) groups is 1. The Balaban J connectivity index is 1.54. The summed E-state index contributed by atoms with van der Waals surface area (Å²) in [6.45, 7) is 7.14. The summed E-state index contributed by atoms with van der Waals surface area (Å²) in [7, 11) is 1.63. The lowest BCUT2D eigenvalue weighted by Crippen LogP contribution is -2.36. The van der Waals surface area contributed by atoms with Gasteiger partial charge in [-0.25, -0.2) is 9.48 Å². The van der Waals surface area contributed by atoms with Crippen molar-refractivity contribution >= 4 is 22.9 Å². The van der Waals surface area contributed by atoms with Crippen molar-refractivity contribution in [3.63, 3.8) is 0 Å². The topological polar surface area (TPSA) is 101 Å². The van der Waals surface area contributed by atoms with Crippen molar-refractivity contribution in [3.05, 3.63) is 52.3 Å². The number of fused-ring (bicyclic) bond motifs is 1. The van der Waals surface area contributed by atoms with Crippen molar-refractivity contribution in [1.82, 2.24) is 19.7 Å². The van der Waals surface area contributed by atoms with Crippen LogP contribution in [0.25, 0.3) is 11.0 Å². The molecule has 1 saturated heterocycles. The SMILES string of the molecule is COc1ccc(Cn2nc(N[C@H]3CCN(C(=O)OC(C)(C)C)C3)c3c(=O)cc[nH]c32)cc1. The molecule has 0 spiro atoms. The van der Waals surface area contributed by atoms with Crippen LogP contribution in [0, 0.1) is 0 Å². The quantitative estimate of drug-likeness (QED) is 0.633. The highest BCUT2D eigenvalue weighted by atomic mass is 16.6. The molecule has 170 valence electrons. The standard InChI is InChI=1S/C23H29N5O4/c1-23(2,3)32-22(30)27-12-10-16(14-27)25-20-19-18(29)9-11-24-21(19)28(26-20)13-15-5-7-17(31-4)8-6-15/h5-9,11,16H,10,12-14H2,1-4H3,(H,24,29)(H,25,26)/t16-/m0/s1. The van der Waals surface area contributed by atoms with Crippen molar-refractivity contribution < 1.29 is 14.3 Å². The first-order chi connectivity index (χ1) is 15.2. The van der Waals surface area contributed by atoms with E-state index >= 15 is 0 Å². The number of H-pyrrole nitrogens is 1. The van der Waals surface area contributed by atoms with E-state index in [9.17, 15) is 9.59 Å². The minimum atomic E-state index is -0.535.